The van der Waals surface area contributed by atoms with E-state index in [9.17, 15) is 4.79 Å². The molecule has 0 bridgehead atoms. The molecule has 1 aliphatic rings. The maximum atomic E-state index is 11.4. The normalized spacial score (nSPS) is 25.4. The highest BCUT2D eigenvalue weighted by Crippen LogP contribution is 2.15. The number of carbonyl (C=O) groups is 1. The molecule has 1 rings (SSSR count). The van der Waals surface area contributed by atoms with Crippen LogP contribution in [0.4, 0.5) is 4.79 Å². The van der Waals surface area contributed by atoms with Gasteiger partial charge in [0.15, 0.2) is 0 Å². The van der Waals surface area contributed by atoms with Crippen molar-refractivity contribution in [2.75, 3.05) is 6.61 Å². The van der Waals surface area contributed by atoms with Crippen molar-refractivity contribution in [1.82, 2.24) is 10.9 Å². The summed E-state index contributed by atoms with van der Waals surface area (Å²) in [5, 5.41) is 0. The minimum atomic E-state index is -0.465. The standard InChI is InChI=1S/C12H24N2O3/c1-5-10-8-9(6-7-16-10)13-14-11(15)17-12(2,3)4/h9-10,13H,5-8H2,1-4H3,(H,14,15). The van der Waals surface area contributed by atoms with Crippen molar-refractivity contribution in [3.63, 3.8) is 0 Å². The zero-order valence-electron chi connectivity index (χ0n) is 11.2. The highest BCUT2D eigenvalue weighted by molar-refractivity contribution is 5.67. The van der Waals surface area contributed by atoms with Crippen molar-refractivity contribution in [3.8, 4) is 0 Å². The Labute approximate surface area is 103 Å². The Balaban J connectivity index is 2.23. The van der Waals surface area contributed by atoms with Gasteiger partial charge >= 0.3 is 6.09 Å². The first kappa shape index (κ1) is 14.3. The second-order valence-electron chi connectivity index (χ2n) is 5.39. The maximum absolute atomic E-state index is 11.4. The summed E-state index contributed by atoms with van der Waals surface area (Å²) in [5.41, 5.74) is 5.13. The van der Waals surface area contributed by atoms with E-state index in [4.69, 9.17) is 9.47 Å². The van der Waals surface area contributed by atoms with Crippen LogP contribution in [0, 0.1) is 0 Å². The fourth-order valence-corrected chi connectivity index (χ4v) is 1.76. The molecule has 1 saturated heterocycles. The topological polar surface area (TPSA) is 59.6 Å². The summed E-state index contributed by atoms with van der Waals surface area (Å²) in [5.74, 6) is 0. The summed E-state index contributed by atoms with van der Waals surface area (Å²) in [6.07, 6.45) is 2.70. The number of carbonyl (C=O) groups excluding carboxylic acids is 1. The number of hydrogen-bond donors (Lipinski definition) is 2. The van der Waals surface area contributed by atoms with Crippen molar-refractivity contribution in [2.45, 2.75) is 64.7 Å². The van der Waals surface area contributed by atoms with E-state index in [0.717, 1.165) is 25.9 Å². The molecule has 1 fully saturated rings. The predicted octanol–water partition coefficient (Wildman–Crippen LogP) is 1.97. The van der Waals surface area contributed by atoms with Gasteiger partial charge in [-0.2, -0.15) is 0 Å². The van der Waals surface area contributed by atoms with E-state index in [-0.39, 0.29) is 6.04 Å². The van der Waals surface area contributed by atoms with Crippen LogP contribution in [-0.4, -0.2) is 30.4 Å². The lowest BCUT2D eigenvalue weighted by Crippen LogP contribution is -2.49. The predicted molar refractivity (Wildman–Crippen MR) is 65.6 cm³/mol. The van der Waals surface area contributed by atoms with E-state index < -0.39 is 11.7 Å². The van der Waals surface area contributed by atoms with Gasteiger partial charge in [-0.1, -0.05) is 6.92 Å². The Morgan fingerprint density at radius 2 is 2.18 bits per heavy atom. The number of amides is 1. The molecule has 17 heavy (non-hydrogen) atoms. The van der Waals surface area contributed by atoms with E-state index in [1.54, 1.807) is 0 Å². The highest BCUT2D eigenvalue weighted by atomic mass is 16.6. The van der Waals surface area contributed by atoms with Crippen LogP contribution in [0.2, 0.25) is 0 Å². The van der Waals surface area contributed by atoms with Crippen LogP contribution < -0.4 is 10.9 Å². The molecule has 0 aromatic rings. The van der Waals surface area contributed by atoms with Crippen LogP contribution in [0.1, 0.15) is 47.0 Å². The van der Waals surface area contributed by atoms with E-state index in [1.165, 1.54) is 0 Å². The molecule has 0 radical (unpaired) electrons. The summed E-state index contributed by atoms with van der Waals surface area (Å²) < 4.78 is 10.7. The number of hydrogen-bond acceptors (Lipinski definition) is 4. The molecule has 1 aliphatic heterocycles. The Bertz CT molecular complexity index is 251. The molecule has 2 unspecified atom stereocenters. The molecular weight excluding hydrogens is 220 g/mol. The third-order valence-electron chi connectivity index (χ3n) is 2.60. The van der Waals surface area contributed by atoms with E-state index >= 15 is 0 Å². The quantitative estimate of drug-likeness (QED) is 0.745. The largest absolute Gasteiger partial charge is 0.443 e. The van der Waals surface area contributed by atoms with Gasteiger partial charge in [-0.05, 0) is 40.0 Å². The average Bonchev–Trinajstić information content (AvgIpc) is 2.24. The second kappa shape index (κ2) is 6.21. The van der Waals surface area contributed by atoms with E-state index in [2.05, 4.69) is 17.8 Å². The van der Waals surface area contributed by atoms with Crippen molar-refractivity contribution < 1.29 is 14.3 Å². The lowest BCUT2D eigenvalue weighted by atomic mass is 10.0. The Kier molecular flexibility index (Phi) is 5.21. The fraction of sp³-hybridized carbons (Fsp3) is 0.917. The highest BCUT2D eigenvalue weighted by Gasteiger charge is 2.22. The molecule has 5 heteroatoms. The van der Waals surface area contributed by atoms with Gasteiger partial charge in [0, 0.05) is 12.6 Å². The van der Waals surface area contributed by atoms with Gasteiger partial charge in [-0.25, -0.2) is 10.2 Å². The van der Waals surface area contributed by atoms with Crippen LogP contribution in [0.25, 0.3) is 0 Å². The minimum Gasteiger partial charge on any atom is -0.443 e. The molecule has 0 spiro atoms. The number of hydrazine groups is 1. The summed E-state index contributed by atoms with van der Waals surface area (Å²) in [6.45, 7) is 8.37. The Hall–Kier alpha value is -0.810. The minimum absolute atomic E-state index is 0.265. The Morgan fingerprint density at radius 3 is 2.76 bits per heavy atom. The monoisotopic (exact) mass is 244 g/mol. The van der Waals surface area contributed by atoms with Crippen LogP contribution in [0.15, 0.2) is 0 Å². The van der Waals surface area contributed by atoms with Gasteiger partial charge in [0.25, 0.3) is 0 Å². The summed E-state index contributed by atoms with van der Waals surface area (Å²) in [4.78, 5) is 11.4. The summed E-state index contributed by atoms with van der Waals surface area (Å²) >= 11 is 0. The lowest BCUT2D eigenvalue weighted by Gasteiger charge is -2.30. The van der Waals surface area contributed by atoms with Crippen LogP contribution in [0.5, 0.6) is 0 Å². The average molecular weight is 244 g/mol. The summed E-state index contributed by atoms with van der Waals surface area (Å²) in [6, 6.07) is 0.265. The summed E-state index contributed by atoms with van der Waals surface area (Å²) in [7, 11) is 0. The zero-order valence-corrected chi connectivity index (χ0v) is 11.2. The molecule has 0 aromatic heterocycles. The van der Waals surface area contributed by atoms with Gasteiger partial charge < -0.3 is 9.47 Å². The number of rotatable bonds is 3. The van der Waals surface area contributed by atoms with Crippen LogP contribution in [-0.2, 0) is 9.47 Å². The van der Waals surface area contributed by atoms with Crippen molar-refractivity contribution in [2.24, 2.45) is 0 Å². The van der Waals surface area contributed by atoms with E-state index in [0.29, 0.717) is 6.10 Å². The van der Waals surface area contributed by atoms with Crippen molar-refractivity contribution in [1.29, 1.82) is 0 Å². The molecule has 100 valence electrons. The molecule has 1 heterocycles. The SMILES string of the molecule is CCC1CC(NNC(=O)OC(C)(C)C)CCO1. The molecule has 1 amide bonds. The lowest BCUT2D eigenvalue weighted by molar-refractivity contribution is -0.00456. The maximum Gasteiger partial charge on any atom is 0.422 e. The number of nitrogens with one attached hydrogen (secondary N) is 2. The Morgan fingerprint density at radius 1 is 1.47 bits per heavy atom. The smallest absolute Gasteiger partial charge is 0.422 e. The number of ether oxygens (including phenoxy) is 2. The fourth-order valence-electron chi connectivity index (χ4n) is 1.76. The van der Waals surface area contributed by atoms with Gasteiger partial charge in [-0.15, -0.1) is 0 Å². The van der Waals surface area contributed by atoms with Gasteiger partial charge in [0.2, 0.25) is 0 Å². The molecular formula is C12H24N2O3. The third-order valence-corrected chi connectivity index (χ3v) is 2.60. The molecule has 0 aromatic carbocycles. The van der Waals surface area contributed by atoms with Crippen LogP contribution in [0.3, 0.4) is 0 Å². The third kappa shape index (κ3) is 5.89. The molecule has 0 saturated carbocycles. The van der Waals surface area contributed by atoms with Gasteiger partial charge in [0.05, 0.1) is 6.10 Å². The first-order chi connectivity index (χ1) is 7.90. The van der Waals surface area contributed by atoms with Gasteiger partial charge in [0.1, 0.15) is 5.60 Å². The van der Waals surface area contributed by atoms with Crippen LogP contribution >= 0.6 is 0 Å². The van der Waals surface area contributed by atoms with E-state index in [1.807, 2.05) is 20.8 Å². The molecule has 2 N–H and O–H groups in total. The first-order valence-electron chi connectivity index (χ1n) is 6.27. The second-order valence-corrected chi connectivity index (χ2v) is 5.39. The molecule has 5 nitrogen and oxygen atoms in total. The van der Waals surface area contributed by atoms with Gasteiger partial charge in [-0.3, -0.25) is 5.43 Å². The van der Waals surface area contributed by atoms with Crippen molar-refractivity contribution >= 4 is 6.09 Å². The molecule has 2 atom stereocenters. The zero-order chi connectivity index (χ0) is 12.9. The molecule has 0 aliphatic carbocycles. The van der Waals surface area contributed by atoms with Crippen molar-refractivity contribution in [3.05, 3.63) is 0 Å². The first-order valence-corrected chi connectivity index (χ1v) is 6.27.